The highest BCUT2D eigenvalue weighted by molar-refractivity contribution is 5.76. The molecule has 0 spiro atoms. The highest BCUT2D eigenvalue weighted by atomic mass is 16.5. The van der Waals surface area contributed by atoms with E-state index in [-0.39, 0.29) is 18.5 Å². The quantitative estimate of drug-likeness (QED) is 0.0321. The molecule has 6 heteroatoms. The van der Waals surface area contributed by atoms with Gasteiger partial charge < -0.3 is 20.3 Å². The van der Waals surface area contributed by atoms with E-state index in [0.717, 1.165) is 70.6 Å². The van der Waals surface area contributed by atoms with Crippen LogP contribution in [0.15, 0.2) is 36.5 Å². The first kappa shape index (κ1) is 62.1. The molecule has 0 rings (SSSR count). The number of carbonyl (C=O) groups is 2. The Hall–Kier alpha value is -1.92. The summed E-state index contributed by atoms with van der Waals surface area (Å²) in [7, 11) is 0. The molecule has 6 nitrogen and oxygen atoms in total. The van der Waals surface area contributed by atoms with Crippen molar-refractivity contribution in [3.8, 4) is 0 Å². The first-order chi connectivity index (χ1) is 31.5. The van der Waals surface area contributed by atoms with Crippen molar-refractivity contribution in [2.24, 2.45) is 0 Å². The summed E-state index contributed by atoms with van der Waals surface area (Å²) >= 11 is 0. The van der Waals surface area contributed by atoms with E-state index in [1.54, 1.807) is 0 Å². The number of amides is 1. The average molecular weight is 901 g/mol. The second kappa shape index (κ2) is 53.7. The molecule has 2 atom stereocenters. The standard InChI is InChI=1S/C58H109NO5/c1-3-5-7-9-11-13-15-17-18-19-20-24-28-32-36-40-44-48-52-58(63)64-53-49-45-41-37-33-29-25-22-21-23-27-31-35-39-43-47-51-57(62)59-55(54-60)56(61)50-46-42-38-34-30-26-16-14-12-10-8-6-4-2/h13,15,18-19,21,23,55-56,60-61H,3-12,14,16-17,20,22,24-54H2,1-2H3,(H,59,62)/b15-13-,19-18-,23-21-. The summed E-state index contributed by atoms with van der Waals surface area (Å²) in [6.45, 7) is 4.91. The number of unbranched alkanes of at least 4 members (excludes halogenated alkanes) is 35. The maximum absolute atomic E-state index is 12.4. The van der Waals surface area contributed by atoms with Crippen LogP contribution >= 0.6 is 0 Å². The van der Waals surface area contributed by atoms with E-state index in [1.807, 2.05) is 0 Å². The van der Waals surface area contributed by atoms with E-state index in [4.69, 9.17) is 4.74 Å². The molecule has 64 heavy (non-hydrogen) atoms. The van der Waals surface area contributed by atoms with Gasteiger partial charge in [0.2, 0.25) is 5.91 Å². The molecule has 0 radical (unpaired) electrons. The zero-order valence-corrected chi connectivity index (χ0v) is 42.8. The van der Waals surface area contributed by atoms with Crippen molar-refractivity contribution in [1.82, 2.24) is 5.32 Å². The number of carbonyl (C=O) groups excluding carboxylic acids is 2. The molecule has 3 N–H and O–H groups in total. The predicted molar refractivity (Wildman–Crippen MR) is 278 cm³/mol. The van der Waals surface area contributed by atoms with Crippen LogP contribution in [0.4, 0.5) is 0 Å². The normalized spacial score (nSPS) is 12.9. The lowest BCUT2D eigenvalue weighted by Crippen LogP contribution is -2.45. The van der Waals surface area contributed by atoms with Crippen molar-refractivity contribution in [3.63, 3.8) is 0 Å². The molecule has 0 aromatic carbocycles. The van der Waals surface area contributed by atoms with Crippen LogP contribution in [-0.2, 0) is 14.3 Å². The average Bonchev–Trinajstić information content (AvgIpc) is 3.29. The molecule has 376 valence electrons. The van der Waals surface area contributed by atoms with Gasteiger partial charge in [0.15, 0.2) is 0 Å². The fourth-order valence-electron chi connectivity index (χ4n) is 8.55. The Labute approximate surface area is 398 Å². The van der Waals surface area contributed by atoms with Gasteiger partial charge in [-0.2, -0.15) is 0 Å². The number of rotatable bonds is 52. The molecular weight excluding hydrogens is 791 g/mol. The largest absolute Gasteiger partial charge is 0.466 e. The lowest BCUT2D eigenvalue weighted by molar-refractivity contribution is -0.143. The maximum Gasteiger partial charge on any atom is 0.305 e. The molecule has 0 heterocycles. The molecule has 0 saturated heterocycles. The molecular formula is C58H109NO5. The van der Waals surface area contributed by atoms with Crippen LogP contribution in [0.1, 0.15) is 296 Å². The van der Waals surface area contributed by atoms with Crippen LogP contribution in [0, 0.1) is 0 Å². The molecule has 2 unspecified atom stereocenters. The lowest BCUT2D eigenvalue weighted by atomic mass is 10.0. The molecule has 0 aromatic rings. The number of ether oxygens (including phenoxy) is 1. The van der Waals surface area contributed by atoms with Crippen molar-refractivity contribution < 1.29 is 24.5 Å². The molecule has 0 aliphatic carbocycles. The number of aliphatic hydroxyl groups excluding tert-OH is 2. The van der Waals surface area contributed by atoms with Crippen molar-refractivity contribution in [3.05, 3.63) is 36.5 Å². The van der Waals surface area contributed by atoms with Gasteiger partial charge in [0, 0.05) is 12.8 Å². The molecule has 0 aromatic heterocycles. The Morgan fingerprint density at radius 3 is 1.22 bits per heavy atom. The molecule has 0 saturated carbocycles. The number of esters is 1. The zero-order valence-electron chi connectivity index (χ0n) is 42.8. The Kier molecular flexibility index (Phi) is 52.1. The Morgan fingerprint density at radius 1 is 0.438 bits per heavy atom. The molecule has 0 aliphatic heterocycles. The van der Waals surface area contributed by atoms with Crippen LogP contribution in [0.2, 0.25) is 0 Å². The third-order valence-electron chi connectivity index (χ3n) is 12.9. The Balaban J connectivity index is 3.46. The monoisotopic (exact) mass is 900 g/mol. The van der Waals surface area contributed by atoms with Gasteiger partial charge in [-0.15, -0.1) is 0 Å². The van der Waals surface area contributed by atoms with Crippen LogP contribution in [0.25, 0.3) is 0 Å². The van der Waals surface area contributed by atoms with Gasteiger partial charge in [-0.05, 0) is 83.5 Å². The van der Waals surface area contributed by atoms with Crippen molar-refractivity contribution >= 4 is 11.9 Å². The molecule has 0 fully saturated rings. The van der Waals surface area contributed by atoms with Gasteiger partial charge in [0.25, 0.3) is 0 Å². The van der Waals surface area contributed by atoms with Crippen molar-refractivity contribution in [2.75, 3.05) is 13.2 Å². The second-order valence-corrected chi connectivity index (χ2v) is 19.3. The summed E-state index contributed by atoms with van der Waals surface area (Å²) in [4.78, 5) is 24.5. The predicted octanol–water partition coefficient (Wildman–Crippen LogP) is 17.2. The van der Waals surface area contributed by atoms with E-state index in [2.05, 4.69) is 55.6 Å². The summed E-state index contributed by atoms with van der Waals surface area (Å²) in [5.74, 6) is -0.0630. The smallest absolute Gasteiger partial charge is 0.305 e. The summed E-state index contributed by atoms with van der Waals surface area (Å²) in [6, 6.07) is -0.554. The van der Waals surface area contributed by atoms with E-state index in [9.17, 15) is 19.8 Å². The highest BCUT2D eigenvalue weighted by Crippen LogP contribution is 2.16. The van der Waals surface area contributed by atoms with E-state index >= 15 is 0 Å². The Morgan fingerprint density at radius 2 is 0.781 bits per heavy atom. The lowest BCUT2D eigenvalue weighted by Gasteiger charge is -2.22. The molecule has 1 amide bonds. The van der Waals surface area contributed by atoms with Gasteiger partial charge in [0.05, 0.1) is 25.4 Å². The number of nitrogens with one attached hydrogen (secondary N) is 1. The first-order valence-electron chi connectivity index (χ1n) is 28.2. The number of aliphatic hydroxyl groups is 2. The number of hydrogen-bond acceptors (Lipinski definition) is 5. The van der Waals surface area contributed by atoms with Gasteiger partial charge in [-0.3, -0.25) is 9.59 Å². The Bertz CT molecular complexity index is 1040. The second-order valence-electron chi connectivity index (χ2n) is 19.3. The van der Waals surface area contributed by atoms with E-state index < -0.39 is 12.1 Å². The highest BCUT2D eigenvalue weighted by Gasteiger charge is 2.20. The van der Waals surface area contributed by atoms with E-state index in [1.165, 1.54) is 193 Å². The maximum atomic E-state index is 12.4. The number of hydrogen-bond donors (Lipinski definition) is 3. The fraction of sp³-hybridized carbons (Fsp3) is 0.862. The van der Waals surface area contributed by atoms with Gasteiger partial charge in [0.1, 0.15) is 0 Å². The summed E-state index contributed by atoms with van der Waals surface area (Å²) in [5.41, 5.74) is 0. The SMILES string of the molecule is CCCCCC/C=C\C/C=C\CCCCCCCCCC(=O)OCCCCCCCCC/C=C\CCCCCCCC(=O)NC(CO)C(O)CCCCCCCCCCCCCCC. The van der Waals surface area contributed by atoms with Gasteiger partial charge >= 0.3 is 5.97 Å². The summed E-state index contributed by atoms with van der Waals surface area (Å²) in [5, 5.41) is 23.2. The summed E-state index contributed by atoms with van der Waals surface area (Å²) in [6.07, 6.45) is 65.5. The zero-order chi connectivity index (χ0) is 46.5. The minimum absolute atomic E-state index is 0.0104. The van der Waals surface area contributed by atoms with Crippen LogP contribution in [0.3, 0.4) is 0 Å². The van der Waals surface area contributed by atoms with Crippen LogP contribution in [-0.4, -0.2) is 47.4 Å². The molecule has 0 bridgehead atoms. The fourth-order valence-corrected chi connectivity index (χ4v) is 8.55. The summed E-state index contributed by atoms with van der Waals surface area (Å²) < 4.78 is 5.47. The van der Waals surface area contributed by atoms with Crippen molar-refractivity contribution in [1.29, 1.82) is 0 Å². The van der Waals surface area contributed by atoms with Gasteiger partial charge in [-0.25, -0.2) is 0 Å². The topological polar surface area (TPSA) is 95.9 Å². The minimum Gasteiger partial charge on any atom is -0.466 e. The minimum atomic E-state index is -0.675. The van der Waals surface area contributed by atoms with Gasteiger partial charge in [-0.1, -0.05) is 237 Å². The third-order valence-corrected chi connectivity index (χ3v) is 12.9. The van der Waals surface area contributed by atoms with Crippen LogP contribution < -0.4 is 5.32 Å². The first-order valence-corrected chi connectivity index (χ1v) is 28.2. The van der Waals surface area contributed by atoms with E-state index in [0.29, 0.717) is 25.9 Å². The third kappa shape index (κ3) is 49.5. The molecule has 0 aliphatic rings. The number of allylic oxidation sites excluding steroid dienone is 6. The van der Waals surface area contributed by atoms with Crippen molar-refractivity contribution in [2.45, 2.75) is 309 Å². The van der Waals surface area contributed by atoms with Crippen LogP contribution in [0.5, 0.6) is 0 Å².